The van der Waals surface area contributed by atoms with Crippen molar-refractivity contribution in [2.24, 2.45) is 0 Å². The molecule has 1 aromatic carbocycles. The lowest BCUT2D eigenvalue weighted by Gasteiger charge is -2.09. The van der Waals surface area contributed by atoms with E-state index in [2.05, 4.69) is 5.32 Å². The summed E-state index contributed by atoms with van der Waals surface area (Å²) in [7, 11) is 1.53. The van der Waals surface area contributed by atoms with E-state index in [9.17, 15) is 13.6 Å². The molecule has 6 heteroatoms. The van der Waals surface area contributed by atoms with Crippen LogP contribution in [0.4, 0.5) is 8.78 Å². The van der Waals surface area contributed by atoms with E-state index in [0.717, 1.165) is 12.1 Å². The molecule has 0 saturated carbocycles. The molecule has 100 valence electrons. The number of methoxy groups -OCH3 is 1. The van der Waals surface area contributed by atoms with Crippen LogP contribution in [-0.4, -0.2) is 31.5 Å². The van der Waals surface area contributed by atoms with Gasteiger partial charge in [-0.05, 0) is 18.6 Å². The van der Waals surface area contributed by atoms with Crippen LogP contribution in [0, 0.1) is 11.6 Å². The van der Waals surface area contributed by atoms with Gasteiger partial charge in [-0.1, -0.05) is 0 Å². The van der Waals surface area contributed by atoms with Gasteiger partial charge in [-0.25, -0.2) is 8.78 Å². The van der Waals surface area contributed by atoms with Crippen molar-refractivity contribution >= 4 is 17.5 Å². The minimum absolute atomic E-state index is 0.186. The van der Waals surface area contributed by atoms with Crippen LogP contribution in [0.3, 0.4) is 0 Å². The molecule has 0 heterocycles. The molecule has 0 fully saturated rings. The molecule has 0 bridgehead atoms. The number of halogens is 3. The summed E-state index contributed by atoms with van der Waals surface area (Å²) in [6.07, 6.45) is 0.504. The normalized spacial score (nSPS) is 12.2. The van der Waals surface area contributed by atoms with Crippen LogP contribution in [0.15, 0.2) is 18.2 Å². The SMILES string of the molecule is COCC(Cl)CCNC(=O)c1ccc(F)cc1F. The number of alkyl halides is 1. The Bertz CT molecular complexity index is 415. The van der Waals surface area contributed by atoms with E-state index in [1.165, 1.54) is 7.11 Å². The molecule has 18 heavy (non-hydrogen) atoms. The van der Waals surface area contributed by atoms with Gasteiger partial charge in [0.25, 0.3) is 5.91 Å². The van der Waals surface area contributed by atoms with Crippen molar-refractivity contribution in [1.29, 1.82) is 0 Å². The Kier molecular flexibility index (Phi) is 6.01. The van der Waals surface area contributed by atoms with Gasteiger partial charge in [0, 0.05) is 19.7 Å². The van der Waals surface area contributed by atoms with E-state index < -0.39 is 17.5 Å². The molecule has 1 amide bonds. The highest BCUT2D eigenvalue weighted by molar-refractivity contribution is 6.20. The van der Waals surface area contributed by atoms with Gasteiger partial charge in [0.15, 0.2) is 0 Å². The van der Waals surface area contributed by atoms with Gasteiger partial charge in [-0.15, -0.1) is 11.6 Å². The van der Waals surface area contributed by atoms with Crippen molar-refractivity contribution in [1.82, 2.24) is 5.32 Å². The fourth-order valence-corrected chi connectivity index (χ4v) is 1.61. The maximum Gasteiger partial charge on any atom is 0.254 e. The highest BCUT2D eigenvalue weighted by atomic mass is 35.5. The number of hydrogen-bond acceptors (Lipinski definition) is 2. The average Bonchev–Trinajstić information content (AvgIpc) is 2.29. The minimum Gasteiger partial charge on any atom is -0.383 e. The molecule has 1 unspecified atom stereocenters. The number of amides is 1. The second-order valence-electron chi connectivity index (χ2n) is 3.72. The summed E-state index contributed by atoms with van der Waals surface area (Å²) in [4.78, 5) is 11.6. The molecule has 1 atom stereocenters. The highest BCUT2D eigenvalue weighted by Gasteiger charge is 2.12. The zero-order valence-corrected chi connectivity index (χ0v) is 10.6. The zero-order chi connectivity index (χ0) is 13.5. The van der Waals surface area contributed by atoms with E-state index in [0.29, 0.717) is 25.6 Å². The van der Waals surface area contributed by atoms with Gasteiger partial charge in [0.05, 0.1) is 17.5 Å². The smallest absolute Gasteiger partial charge is 0.254 e. The second-order valence-corrected chi connectivity index (χ2v) is 4.34. The van der Waals surface area contributed by atoms with Gasteiger partial charge in [-0.3, -0.25) is 4.79 Å². The van der Waals surface area contributed by atoms with Crippen LogP contribution < -0.4 is 5.32 Å². The quantitative estimate of drug-likeness (QED) is 0.811. The van der Waals surface area contributed by atoms with Gasteiger partial charge < -0.3 is 10.1 Å². The summed E-state index contributed by atoms with van der Waals surface area (Å²) in [6.45, 7) is 0.676. The van der Waals surface area contributed by atoms with E-state index in [4.69, 9.17) is 16.3 Å². The molecular formula is C12H14ClF2NO2. The maximum absolute atomic E-state index is 13.3. The van der Waals surface area contributed by atoms with Crippen molar-refractivity contribution in [2.75, 3.05) is 20.3 Å². The highest BCUT2D eigenvalue weighted by Crippen LogP contribution is 2.09. The van der Waals surface area contributed by atoms with Gasteiger partial charge in [-0.2, -0.15) is 0 Å². The fourth-order valence-electron chi connectivity index (χ4n) is 1.38. The second kappa shape index (κ2) is 7.28. The predicted octanol–water partition coefficient (Wildman–Crippen LogP) is 2.34. The molecule has 1 aromatic rings. The summed E-state index contributed by atoms with van der Waals surface area (Å²) in [5, 5.41) is 2.29. The number of rotatable bonds is 6. The summed E-state index contributed by atoms with van der Waals surface area (Å²) >= 11 is 5.86. The van der Waals surface area contributed by atoms with Crippen LogP contribution in [0.2, 0.25) is 0 Å². The summed E-state index contributed by atoms with van der Waals surface area (Å²) < 4.78 is 30.7. The molecule has 1 rings (SSSR count). The predicted molar refractivity (Wildman–Crippen MR) is 64.8 cm³/mol. The molecule has 0 spiro atoms. The Balaban J connectivity index is 2.45. The number of hydrogen-bond donors (Lipinski definition) is 1. The van der Waals surface area contributed by atoms with Crippen LogP contribution in [-0.2, 0) is 4.74 Å². The number of carbonyl (C=O) groups is 1. The summed E-state index contributed by atoms with van der Waals surface area (Å²) in [5.41, 5.74) is -0.186. The number of ether oxygens (including phenoxy) is 1. The molecule has 3 nitrogen and oxygen atoms in total. The topological polar surface area (TPSA) is 38.3 Å². The zero-order valence-electron chi connectivity index (χ0n) is 9.88. The molecule has 0 saturated heterocycles. The Morgan fingerprint density at radius 2 is 2.22 bits per heavy atom. The minimum atomic E-state index is -0.883. The third-order valence-electron chi connectivity index (χ3n) is 2.27. The van der Waals surface area contributed by atoms with Crippen molar-refractivity contribution in [2.45, 2.75) is 11.8 Å². The molecule has 1 N–H and O–H groups in total. The lowest BCUT2D eigenvalue weighted by Crippen LogP contribution is -2.27. The first-order chi connectivity index (χ1) is 8.54. The average molecular weight is 278 g/mol. The Hall–Kier alpha value is -1.20. The lowest BCUT2D eigenvalue weighted by molar-refractivity contribution is 0.0947. The standard InChI is InChI=1S/C12H14ClF2NO2/c1-18-7-8(13)4-5-16-12(17)10-3-2-9(14)6-11(10)15/h2-3,6,8H,4-5,7H2,1H3,(H,16,17). The number of nitrogens with one attached hydrogen (secondary N) is 1. The lowest BCUT2D eigenvalue weighted by atomic mass is 10.2. The van der Waals surface area contributed by atoms with E-state index in [1.54, 1.807) is 0 Å². The maximum atomic E-state index is 13.3. The van der Waals surface area contributed by atoms with Crippen LogP contribution in [0.25, 0.3) is 0 Å². The first kappa shape index (κ1) is 14.9. The van der Waals surface area contributed by atoms with Crippen molar-refractivity contribution < 1.29 is 18.3 Å². The fraction of sp³-hybridized carbons (Fsp3) is 0.417. The molecule has 0 aliphatic heterocycles. The Morgan fingerprint density at radius 1 is 1.50 bits per heavy atom. The number of carbonyl (C=O) groups excluding carboxylic acids is 1. The van der Waals surface area contributed by atoms with Crippen LogP contribution in [0.5, 0.6) is 0 Å². The molecule has 0 radical (unpaired) electrons. The Morgan fingerprint density at radius 3 is 2.83 bits per heavy atom. The van der Waals surface area contributed by atoms with E-state index in [-0.39, 0.29) is 10.9 Å². The monoisotopic (exact) mass is 277 g/mol. The van der Waals surface area contributed by atoms with Crippen molar-refractivity contribution in [3.8, 4) is 0 Å². The first-order valence-corrected chi connectivity index (χ1v) is 5.84. The van der Waals surface area contributed by atoms with Crippen molar-refractivity contribution in [3.63, 3.8) is 0 Å². The van der Waals surface area contributed by atoms with Crippen LogP contribution in [0.1, 0.15) is 16.8 Å². The van der Waals surface area contributed by atoms with Gasteiger partial charge >= 0.3 is 0 Å². The van der Waals surface area contributed by atoms with Crippen molar-refractivity contribution in [3.05, 3.63) is 35.4 Å². The van der Waals surface area contributed by atoms with Gasteiger partial charge in [0.1, 0.15) is 11.6 Å². The molecule has 0 aliphatic rings. The third-order valence-corrected chi connectivity index (χ3v) is 2.61. The first-order valence-electron chi connectivity index (χ1n) is 5.41. The molecule has 0 aromatic heterocycles. The van der Waals surface area contributed by atoms with Gasteiger partial charge in [0.2, 0.25) is 0 Å². The largest absolute Gasteiger partial charge is 0.383 e. The summed E-state index contributed by atoms with van der Waals surface area (Å²) in [6, 6.07) is 2.81. The van der Waals surface area contributed by atoms with E-state index in [1.807, 2.05) is 0 Å². The third kappa shape index (κ3) is 4.58. The Labute approximate surface area is 109 Å². The summed E-state index contributed by atoms with van der Waals surface area (Å²) in [5.74, 6) is -2.19. The van der Waals surface area contributed by atoms with Crippen LogP contribution >= 0.6 is 11.6 Å². The van der Waals surface area contributed by atoms with E-state index >= 15 is 0 Å². The number of benzene rings is 1. The molecular weight excluding hydrogens is 264 g/mol. The molecule has 0 aliphatic carbocycles.